The van der Waals surface area contributed by atoms with E-state index >= 15 is 0 Å². The van der Waals surface area contributed by atoms with E-state index in [9.17, 15) is 14.7 Å². The molecule has 1 aromatic carbocycles. The monoisotopic (exact) mass is 305 g/mol. The summed E-state index contributed by atoms with van der Waals surface area (Å²) in [5.41, 5.74) is 0.852. The van der Waals surface area contributed by atoms with E-state index in [1.807, 2.05) is 44.2 Å². The fraction of sp³-hybridized carbons (Fsp3) is 0.412. The lowest BCUT2D eigenvalue weighted by molar-refractivity contribution is -0.143. The fourth-order valence-electron chi connectivity index (χ4n) is 2.08. The first-order valence-electron chi connectivity index (χ1n) is 7.26. The highest BCUT2D eigenvalue weighted by Gasteiger charge is 2.30. The molecule has 0 aliphatic rings. The molecule has 5 heteroatoms. The molecule has 0 unspecified atom stereocenters. The Balaban J connectivity index is 2.76. The SMILES string of the molecule is C=CCN(C(=O)OCc1ccccc1)[C@@H](CC(C)C)C(=O)O. The van der Waals surface area contributed by atoms with Gasteiger partial charge in [-0.25, -0.2) is 9.59 Å². The Hall–Kier alpha value is -2.30. The quantitative estimate of drug-likeness (QED) is 0.748. The topological polar surface area (TPSA) is 66.8 Å². The van der Waals surface area contributed by atoms with Crippen LogP contribution in [0, 0.1) is 5.92 Å². The minimum atomic E-state index is -1.03. The van der Waals surface area contributed by atoms with Crippen LogP contribution < -0.4 is 0 Å². The maximum absolute atomic E-state index is 12.2. The molecule has 0 fully saturated rings. The molecule has 0 aromatic heterocycles. The maximum Gasteiger partial charge on any atom is 0.411 e. The van der Waals surface area contributed by atoms with Crippen molar-refractivity contribution >= 4 is 12.1 Å². The van der Waals surface area contributed by atoms with E-state index in [4.69, 9.17) is 4.74 Å². The van der Waals surface area contributed by atoms with Gasteiger partial charge in [-0.1, -0.05) is 50.3 Å². The van der Waals surface area contributed by atoms with Gasteiger partial charge in [-0.3, -0.25) is 4.90 Å². The second kappa shape index (κ2) is 8.87. The number of carboxylic acids is 1. The van der Waals surface area contributed by atoms with E-state index in [0.717, 1.165) is 5.56 Å². The van der Waals surface area contributed by atoms with Gasteiger partial charge >= 0.3 is 12.1 Å². The van der Waals surface area contributed by atoms with E-state index in [-0.39, 0.29) is 19.1 Å². The van der Waals surface area contributed by atoms with Crippen molar-refractivity contribution < 1.29 is 19.4 Å². The van der Waals surface area contributed by atoms with Crippen LogP contribution in [0.4, 0.5) is 4.79 Å². The van der Waals surface area contributed by atoms with Gasteiger partial charge in [0.1, 0.15) is 12.6 Å². The lowest BCUT2D eigenvalue weighted by Gasteiger charge is -2.28. The molecule has 1 atom stereocenters. The average Bonchev–Trinajstić information content (AvgIpc) is 2.49. The number of aliphatic carboxylic acids is 1. The largest absolute Gasteiger partial charge is 0.480 e. The molecule has 120 valence electrons. The molecule has 1 amide bonds. The van der Waals surface area contributed by atoms with Crippen molar-refractivity contribution in [2.75, 3.05) is 6.54 Å². The number of hydrogen-bond acceptors (Lipinski definition) is 3. The molecule has 0 radical (unpaired) electrons. The van der Waals surface area contributed by atoms with Gasteiger partial charge in [-0.2, -0.15) is 0 Å². The number of carbonyl (C=O) groups is 2. The minimum Gasteiger partial charge on any atom is -0.480 e. The summed E-state index contributed by atoms with van der Waals surface area (Å²) in [6.45, 7) is 7.66. The average molecular weight is 305 g/mol. The molecular formula is C17H23NO4. The Morgan fingerprint density at radius 3 is 2.45 bits per heavy atom. The third-order valence-corrected chi connectivity index (χ3v) is 3.12. The van der Waals surface area contributed by atoms with Crippen molar-refractivity contribution in [3.05, 3.63) is 48.6 Å². The maximum atomic E-state index is 12.2. The molecule has 0 aliphatic carbocycles. The van der Waals surface area contributed by atoms with Gasteiger partial charge in [-0.05, 0) is 17.9 Å². The number of amides is 1. The second-order valence-corrected chi connectivity index (χ2v) is 5.46. The number of nitrogens with zero attached hydrogens (tertiary/aromatic N) is 1. The van der Waals surface area contributed by atoms with Crippen molar-refractivity contribution in [3.63, 3.8) is 0 Å². The first kappa shape index (κ1) is 17.8. The molecular weight excluding hydrogens is 282 g/mol. The summed E-state index contributed by atoms with van der Waals surface area (Å²) in [6.07, 6.45) is 1.22. The number of rotatable bonds is 8. The molecule has 1 rings (SSSR count). The van der Waals surface area contributed by atoms with Crippen LogP contribution in [0.3, 0.4) is 0 Å². The highest BCUT2D eigenvalue weighted by atomic mass is 16.6. The van der Waals surface area contributed by atoms with Crippen LogP contribution in [-0.2, 0) is 16.1 Å². The van der Waals surface area contributed by atoms with Crippen LogP contribution in [0.1, 0.15) is 25.8 Å². The number of carbonyl (C=O) groups excluding carboxylic acids is 1. The summed E-state index contributed by atoms with van der Waals surface area (Å²) in [5, 5.41) is 9.37. The van der Waals surface area contributed by atoms with Crippen molar-refractivity contribution in [2.45, 2.75) is 32.9 Å². The first-order chi connectivity index (χ1) is 10.5. The predicted molar refractivity (Wildman–Crippen MR) is 84.4 cm³/mol. The molecule has 0 saturated heterocycles. The zero-order chi connectivity index (χ0) is 16.5. The normalized spacial score (nSPS) is 11.8. The van der Waals surface area contributed by atoms with Crippen molar-refractivity contribution in [1.29, 1.82) is 0 Å². The van der Waals surface area contributed by atoms with Crippen molar-refractivity contribution in [1.82, 2.24) is 4.90 Å². The summed E-state index contributed by atoms with van der Waals surface area (Å²) in [4.78, 5) is 24.9. The lowest BCUT2D eigenvalue weighted by atomic mass is 10.0. The van der Waals surface area contributed by atoms with Gasteiger partial charge < -0.3 is 9.84 Å². The Morgan fingerprint density at radius 1 is 1.32 bits per heavy atom. The number of benzene rings is 1. The molecule has 0 saturated carbocycles. The van der Waals surface area contributed by atoms with Crippen molar-refractivity contribution in [2.24, 2.45) is 5.92 Å². The van der Waals surface area contributed by atoms with Gasteiger partial charge in [-0.15, -0.1) is 6.58 Å². The second-order valence-electron chi connectivity index (χ2n) is 5.46. The van der Waals surface area contributed by atoms with Crippen LogP contribution in [0.15, 0.2) is 43.0 Å². The Bertz CT molecular complexity index is 499. The summed E-state index contributed by atoms with van der Waals surface area (Å²) in [7, 11) is 0. The fourth-order valence-corrected chi connectivity index (χ4v) is 2.08. The number of ether oxygens (including phenoxy) is 1. The van der Waals surface area contributed by atoms with Crippen LogP contribution in [0.5, 0.6) is 0 Å². The molecule has 0 bridgehead atoms. The first-order valence-corrected chi connectivity index (χ1v) is 7.26. The smallest absolute Gasteiger partial charge is 0.411 e. The van der Waals surface area contributed by atoms with Gasteiger partial charge in [0, 0.05) is 6.54 Å². The molecule has 0 heterocycles. The Morgan fingerprint density at radius 2 is 1.95 bits per heavy atom. The number of carboxylic acid groups (broad SMARTS) is 1. The lowest BCUT2D eigenvalue weighted by Crippen LogP contribution is -2.46. The third-order valence-electron chi connectivity index (χ3n) is 3.12. The van der Waals surface area contributed by atoms with Crippen LogP contribution in [0.2, 0.25) is 0 Å². The Kier molecular flexibility index (Phi) is 7.16. The van der Waals surface area contributed by atoms with E-state index in [1.165, 1.54) is 11.0 Å². The van der Waals surface area contributed by atoms with Gasteiger partial charge in [0.2, 0.25) is 0 Å². The van der Waals surface area contributed by atoms with Gasteiger partial charge in [0.25, 0.3) is 0 Å². The summed E-state index contributed by atoms with van der Waals surface area (Å²) >= 11 is 0. The molecule has 1 aromatic rings. The van der Waals surface area contributed by atoms with Gasteiger partial charge in [0.15, 0.2) is 0 Å². The zero-order valence-corrected chi connectivity index (χ0v) is 13.1. The Labute approximate surface area is 131 Å². The standard InChI is InChI=1S/C17H23NO4/c1-4-10-18(15(16(19)20)11-13(2)3)17(21)22-12-14-8-6-5-7-9-14/h4-9,13,15H,1,10-12H2,2-3H3,(H,19,20)/t15-/m0/s1. The van der Waals surface area contributed by atoms with Gasteiger partial charge in [0.05, 0.1) is 0 Å². The van der Waals surface area contributed by atoms with E-state index < -0.39 is 18.1 Å². The molecule has 0 aliphatic heterocycles. The molecule has 0 spiro atoms. The summed E-state index contributed by atoms with van der Waals surface area (Å²) in [6, 6.07) is 8.34. The predicted octanol–water partition coefficient (Wildman–Crippen LogP) is 3.31. The summed E-state index contributed by atoms with van der Waals surface area (Å²) < 4.78 is 5.23. The van der Waals surface area contributed by atoms with E-state index in [0.29, 0.717) is 6.42 Å². The van der Waals surface area contributed by atoms with Crippen molar-refractivity contribution in [3.8, 4) is 0 Å². The highest BCUT2D eigenvalue weighted by Crippen LogP contribution is 2.14. The van der Waals surface area contributed by atoms with E-state index in [1.54, 1.807) is 0 Å². The van der Waals surface area contributed by atoms with Crippen LogP contribution in [-0.4, -0.2) is 34.7 Å². The molecule has 5 nitrogen and oxygen atoms in total. The summed E-state index contributed by atoms with van der Waals surface area (Å²) in [5.74, 6) is -0.887. The molecule has 22 heavy (non-hydrogen) atoms. The highest BCUT2D eigenvalue weighted by molar-refractivity contribution is 5.80. The third kappa shape index (κ3) is 5.60. The van der Waals surface area contributed by atoms with E-state index in [2.05, 4.69) is 6.58 Å². The number of hydrogen-bond donors (Lipinski definition) is 1. The minimum absolute atomic E-state index is 0.112. The zero-order valence-electron chi connectivity index (χ0n) is 13.1. The molecule has 1 N–H and O–H groups in total. The van der Waals surface area contributed by atoms with Crippen LogP contribution in [0.25, 0.3) is 0 Å². The van der Waals surface area contributed by atoms with Crippen LogP contribution >= 0.6 is 0 Å².